The minimum Gasteiger partial charge on any atom is -0.337 e. The highest BCUT2D eigenvalue weighted by Crippen LogP contribution is 2.35. The standard InChI is InChI=1S/C19H15ClFN3O2/c20-14-7-3-2-6-13(14)18-22-19(26-23-18)16-9-10-17(25)24(16)11-12-5-1-4-8-15(12)21/h1-8,16H,9-11H2. The van der Waals surface area contributed by atoms with Crippen LogP contribution < -0.4 is 0 Å². The quantitative estimate of drug-likeness (QED) is 0.682. The van der Waals surface area contributed by atoms with Crippen molar-refractivity contribution in [3.63, 3.8) is 0 Å². The molecule has 7 heteroatoms. The van der Waals surface area contributed by atoms with Crippen LogP contribution in [0.15, 0.2) is 53.1 Å². The molecule has 5 nitrogen and oxygen atoms in total. The molecule has 0 bridgehead atoms. The van der Waals surface area contributed by atoms with Gasteiger partial charge in [-0.2, -0.15) is 4.98 Å². The lowest BCUT2D eigenvalue weighted by molar-refractivity contribution is -0.130. The van der Waals surface area contributed by atoms with Crippen molar-refractivity contribution in [2.24, 2.45) is 0 Å². The fraction of sp³-hybridized carbons (Fsp3) is 0.211. The molecule has 1 aliphatic heterocycles. The average molecular weight is 372 g/mol. The molecule has 0 N–H and O–H groups in total. The maximum absolute atomic E-state index is 14.0. The van der Waals surface area contributed by atoms with Crippen LogP contribution in [0.3, 0.4) is 0 Å². The summed E-state index contributed by atoms with van der Waals surface area (Å²) in [7, 11) is 0. The van der Waals surface area contributed by atoms with Crippen LogP contribution in [0.1, 0.15) is 30.3 Å². The van der Waals surface area contributed by atoms with E-state index in [-0.39, 0.29) is 24.3 Å². The van der Waals surface area contributed by atoms with Gasteiger partial charge >= 0.3 is 0 Å². The van der Waals surface area contributed by atoms with E-state index < -0.39 is 0 Å². The molecule has 1 fully saturated rings. The molecular formula is C19H15ClFN3O2. The maximum Gasteiger partial charge on any atom is 0.249 e. The molecule has 1 aliphatic rings. The lowest BCUT2D eigenvalue weighted by atomic mass is 10.1. The van der Waals surface area contributed by atoms with Gasteiger partial charge in [0.15, 0.2) is 0 Å². The Morgan fingerprint density at radius 1 is 1.19 bits per heavy atom. The number of benzene rings is 2. The summed E-state index contributed by atoms with van der Waals surface area (Å²) in [5.41, 5.74) is 1.12. The monoisotopic (exact) mass is 371 g/mol. The Morgan fingerprint density at radius 2 is 1.96 bits per heavy atom. The van der Waals surface area contributed by atoms with Gasteiger partial charge in [-0.3, -0.25) is 4.79 Å². The first-order chi connectivity index (χ1) is 12.6. The number of nitrogens with zero attached hydrogens (tertiary/aromatic N) is 3. The van der Waals surface area contributed by atoms with Gasteiger partial charge in [0.1, 0.15) is 11.9 Å². The molecular weight excluding hydrogens is 357 g/mol. The Morgan fingerprint density at radius 3 is 2.77 bits per heavy atom. The molecule has 132 valence electrons. The van der Waals surface area contributed by atoms with Crippen molar-refractivity contribution in [2.45, 2.75) is 25.4 Å². The zero-order chi connectivity index (χ0) is 18.1. The summed E-state index contributed by atoms with van der Waals surface area (Å²) in [6.07, 6.45) is 0.917. The molecule has 1 atom stereocenters. The van der Waals surface area contributed by atoms with E-state index in [9.17, 15) is 9.18 Å². The Hall–Kier alpha value is -2.73. The number of hydrogen-bond donors (Lipinski definition) is 0. The van der Waals surface area contributed by atoms with Crippen LogP contribution in [0.4, 0.5) is 4.39 Å². The second-order valence-electron chi connectivity index (χ2n) is 6.10. The number of aromatic nitrogens is 2. The number of hydrogen-bond acceptors (Lipinski definition) is 4. The van der Waals surface area contributed by atoms with Gasteiger partial charge in [0.05, 0.1) is 5.02 Å². The summed E-state index contributed by atoms with van der Waals surface area (Å²) >= 11 is 6.18. The first-order valence-electron chi connectivity index (χ1n) is 8.25. The summed E-state index contributed by atoms with van der Waals surface area (Å²) in [5, 5.41) is 4.51. The van der Waals surface area contributed by atoms with Gasteiger partial charge in [0, 0.05) is 24.1 Å². The van der Waals surface area contributed by atoms with Crippen LogP contribution in [0.5, 0.6) is 0 Å². The molecule has 1 amide bonds. The van der Waals surface area contributed by atoms with E-state index in [1.165, 1.54) is 6.07 Å². The minimum absolute atomic E-state index is 0.0595. The molecule has 0 spiro atoms. The van der Waals surface area contributed by atoms with Crippen molar-refractivity contribution in [2.75, 3.05) is 0 Å². The first kappa shape index (κ1) is 16.7. The number of halogens is 2. The minimum atomic E-state index is -0.370. The van der Waals surface area contributed by atoms with Crippen LogP contribution in [0.25, 0.3) is 11.4 Å². The van der Waals surface area contributed by atoms with E-state index in [1.807, 2.05) is 12.1 Å². The Balaban J connectivity index is 1.62. The lowest BCUT2D eigenvalue weighted by Gasteiger charge is -2.22. The van der Waals surface area contributed by atoms with Crippen LogP contribution in [0, 0.1) is 5.82 Å². The van der Waals surface area contributed by atoms with Gasteiger partial charge in [-0.25, -0.2) is 4.39 Å². The van der Waals surface area contributed by atoms with Crippen LogP contribution >= 0.6 is 11.6 Å². The summed E-state index contributed by atoms with van der Waals surface area (Å²) < 4.78 is 19.4. The molecule has 4 rings (SSSR count). The molecule has 1 saturated heterocycles. The molecule has 1 aromatic heterocycles. The van der Waals surface area contributed by atoms with E-state index in [1.54, 1.807) is 35.2 Å². The highest BCUT2D eigenvalue weighted by Gasteiger charge is 2.36. The fourth-order valence-electron chi connectivity index (χ4n) is 3.12. The third-order valence-electron chi connectivity index (χ3n) is 4.47. The van der Waals surface area contributed by atoms with E-state index in [0.29, 0.717) is 40.7 Å². The second-order valence-corrected chi connectivity index (χ2v) is 6.51. The summed E-state index contributed by atoms with van der Waals surface area (Å²) in [5.74, 6) is 0.307. The predicted molar refractivity (Wildman–Crippen MR) is 93.7 cm³/mol. The SMILES string of the molecule is O=C1CCC(c2nc(-c3ccccc3Cl)no2)N1Cc1ccccc1F. The fourth-order valence-corrected chi connectivity index (χ4v) is 3.34. The molecule has 0 radical (unpaired) electrons. The molecule has 2 heterocycles. The van der Waals surface area contributed by atoms with E-state index >= 15 is 0 Å². The van der Waals surface area contributed by atoms with Gasteiger partial charge in [-0.05, 0) is 24.6 Å². The van der Waals surface area contributed by atoms with Gasteiger partial charge in [0.2, 0.25) is 17.6 Å². The number of rotatable bonds is 4. The van der Waals surface area contributed by atoms with Crippen LogP contribution in [-0.4, -0.2) is 20.9 Å². The van der Waals surface area contributed by atoms with E-state index in [4.69, 9.17) is 16.1 Å². The highest BCUT2D eigenvalue weighted by molar-refractivity contribution is 6.33. The number of likely N-dealkylation sites (tertiary alicyclic amines) is 1. The van der Waals surface area contributed by atoms with Gasteiger partial charge < -0.3 is 9.42 Å². The van der Waals surface area contributed by atoms with Crippen molar-refractivity contribution >= 4 is 17.5 Å². The maximum atomic E-state index is 14.0. The molecule has 26 heavy (non-hydrogen) atoms. The molecule has 0 saturated carbocycles. The molecule has 2 aromatic carbocycles. The number of carbonyl (C=O) groups excluding carboxylic acids is 1. The van der Waals surface area contributed by atoms with E-state index in [0.717, 1.165) is 0 Å². The highest BCUT2D eigenvalue weighted by atomic mass is 35.5. The zero-order valence-corrected chi connectivity index (χ0v) is 14.5. The van der Waals surface area contributed by atoms with Gasteiger partial charge in [-0.1, -0.05) is 47.1 Å². The molecule has 1 unspecified atom stereocenters. The lowest BCUT2D eigenvalue weighted by Crippen LogP contribution is -2.27. The van der Waals surface area contributed by atoms with Gasteiger partial charge in [-0.15, -0.1) is 0 Å². The number of amides is 1. The largest absolute Gasteiger partial charge is 0.337 e. The topological polar surface area (TPSA) is 59.2 Å². The predicted octanol–water partition coefficient (Wildman–Crippen LogP) is 4.39. The number of carbonyl (C=O) groups is 1. The third-order valence-corrected chi connectivity index (χ3v) is 4.80. The summed E-state index contributed by atoms with van der Waals surface area (Å²) in [4.78, 5) is 18.3. The van der Waals surface area contributed by atoms with Crippen LogP contribution in [-0.2, 0) is 11.3 Å². The summed E-state index contributed by atoms with van der Waals surface area (Å²) in [6, 6.07) is 13.2. The smallest absolute Gasteiger partial charge is 0.249 e. The Labute approximate surface area is 154 Å². The Bertz CT molecular complexity index is 959. The van der Waals surface area contributed by atoms with Crippen molar-refractivity contribution in [3.05, 3.63) is 70.8 Å². The van der Waals surface area contributed by atoms with Crippen molar-refractivity contribution in [1.29, 1.82) is 0 Å². The van der Waals surface area contributed by atoms with Crippen molar-refractivity contribution < 1.29 is 13.7 Å². The van der Waals surface area contributed by atoms with Gasteiger partial charge in [0.25, 0.3) is 0 Å². The first-order valence-corrected chi connectivity index (χ1v) is 8.62. The van der Waals surface area contributed by atoms with Crippen molar-refractivity contribution in [1.82, 2.24) is 15.0 Å². The van der Waals surface area contributed by atoms with E-state index in [2.05, 4.69) is 10.1 Å². The average Bonchev–Trinajstić information content (AvgIpc) is 3.25. The zero-order valence-electron chi connectivity index (χ0n) is 13.7. The summed E-state index contributed by atoms with van der Waals surface area (Å²) in [6.45, 7) is 0.167. The third kappa shape index (κ3) is 3.08. The molecule has 3 aromatic rings. The normalized spacial score (nSPS) is 17.1. The van der Waals surface area contributed by atoms with Crippen molar-refractivity contribution in [3.8, 4) is 11.4 Å². The molecule has 0 aliphatic carbocycles. The second kappa shape index (κ2) is 6.88. The Kier molecular flexibility index (Phi) is 4.42. The van der Waals surface area contributed by atoms with Crippen LogP contribution in [0.2, 0.25) is 5.02 Å².